The summed E-state index contributed by atoms with van der Waals surface area (Å²) in [7, 11) is 5.51. The molecule has 2 aromatic carbocycles. The lowest BCUT2D eigenvalue weighted by Gasteiger charge is -2.17. The molecule has 2 amide bonds. The topological polar surface area (TPSA) is 61.9 Å². The molecule has 1 saturated heterocycles. The van der Waals surface area contributed by atoms with Gasteiger partial charge in [-0.1, -0.05) is 30.0 Å². The van der Waals surface area contributed by atoms with Gasteiger partial charge in [0.15, 0.2) is 0 Å². The summed E-state index contributed by atoms with van der Waals surface area (Å²) in [6, 6.07) is 15.1. The Morgan fingerprint density at radius 1 is 1.24 bits per heavy atom. The number of hydrogen-bond acceptors (Lipinski definition) is 4. The summed E-state index contributed by atoms with van der Waals surface area (Å²) in [6.45, 7) is 0.596. The number of carbonyl (C=O) groups excluding carboxylic acids is 2. The average molecular weight is 391 g/mol. The number of carbonyl (C=O) groups is 2. The Hall–Kier alpha value is -3.46. The standard InChI is InChI=1S/C23H25N3O3/c1-25(2)21-12-5-4-8-17(21)9-7-13-24-23(28)18-14-22(27)26(16-18)19-10-6-11-20(15-19)29-3/h4-6,8,10-12,15,18H,13-14,16H2,1-3H3,(H,24,28). The van der Waals surface area contributed by atoms with Crippen LogP contribution in [0, 0.1) is 17.8 Å². The van der Waals surface area contributed by atoms with Crippen molar-refractivity contribution in [3.63, 3.8) is 0 Å². The average Bonchev–Trinajstić information content (AvgIpc) is 3.13. The third-order valence-corrected chi connectivity index (χ3v) is 4.82. The minimum atomic E-state index is -0.385. The number of rotatable bonds is 5. The van der Waals surface area contributed by atoms with E-state index in [-0.39, 0.29) is 30.7 Å². The molecule has 1 aliphatic heterocycles. The summed E-state index contributed by atoms with van der Waals surface area (Å²) in [4.78, 5) is 28.5. The second-order valence-corrected chi connectivity index (χ2v) is 7.04. The van der Waals surface area contributed by atoms with Crippen LogP contribution in [0.25, 0.3) is 0 Å². The number of nitrogens with zero attached hydrogens (tertiary/aromatic N) is 2. The highest BCUT2D eigenvalue weighted by Crippen LogP contribution is 2.27. The van der Waals surface area contributed by atoms with Crippen LogP contribution in [0.4, 0.5) is 11.4 Å². The number of amides is 2. The predicted octanol–water partition coefficient (Wildman–Crippen LogP) is 2.28. The molecule has 0 spiro atoms. The molecule has 0 bridgehead atoms. The summed E-state index contributed by atoms with van der Waals surface area (Å²) in [6.07, 6.45) is 0.194. The van der Waals surface area contributed by atoms with Gasteiger partial charge in [-0.05, 0) is 24.3 Å². The summed E-state index contributed by atoms with van der Waals surface area (Å²) in [5.41, 5.74) is 2.68. The molecule has 0 aliphatic carbocycles. The third-order valence-electron chi connectivity index (χ3n) is 4.82. The molecule has 150 valence electrons. The largest absolute Gasteiger partial charge is 0.497 e. The number of anilines is 2. The molecule has 1 heterocycles. The van der Waals surface area contributed by atoms with Crippen LogP contribution in [0.3, 0.4) is 0 Å². The summed E-state index contributed by atoms with van der Waals surface area (Å²) >= 11 is 0. The van der Waals surface area contributed by atoms with E-state index in [1.165, 1.54) is 0 Å². The SMILES string of the molecule is COc1cccc(N2CC(C(=O)NCC#Cc3ccccc3N(C)C)CC2=O)c1. The number of hydrogen-bond donors (Lipinski definition) is 1. The van der Waals surface area contributed by atoms with Crippen LogP contribution in [-0.4, -0.2) is 46.1 Å². The first-order chi connectivity index (χ1) is 14.0. The van der Waals surface area contributed by atoms with Gasteiger partial charge in [0.05, 0.1) is 25.3 Å². The molecule has 1 atom stereocenters. The van der Waals surface area contributed by atoms with Crippen LogP contribution < -0.4 is 19.9 Å². The number of methoxy groups -OCH3 is 1. The van der Waals surface area contributed by atoms with Gasteiger partial charge in [0.1, 0.15) is 5.75 Å². The second kappa shape index (κ2) is 9.16. The minimum absolute atomic E-state index is 0.0654. The van der Waals surface area contributed by atoms with Crippen molar-refractivity contribution in [1.82, 2.24) is 5.32 Å². The van der Waals surface area contributed by atoms with Gasteiger partial charge >= 0.3 is 0 Å². The van der Waals surface area contributed by atoms with E-state index in [9.17, 15) is 9.59 Å². The van der Waals surface area contributed by atoms with Crippen molar-refractivity contribution in [3.05, 3.63) is 54.1 Å². The Kier molecular flexibility index (Phi) is 6.40. The van der Waals surface area contributed by atoms with Crippen LogP contribution in [0.15, 0.2) is 48.5 Å². The van der Waals surface area contributed by atoms with Crippen LogP contribution in [0.2, 0.25) is 0 Å². The maximum atomic E-state index is 12.5. The van der Waals surface area contributed by atoms with Crippen LogP contribution >= 0.6 is 0 Å². The van der Waals surface area contributed by atoms with Crippen molar-refractivity contribution in [1.29, 1.82) is 0 Å². The lowest BCUT2D eigenvalue weighted by molar-refractivity contribution is -0.126. The van der Waals surface area contributed by atoms with E-state index in [1.54, 1.807) is 18.1 Å². The van der Waals surface area contributed by atoms with Crippen molar-refractivity contribution in [2.45, 2.75) is 6.42 Å². The van der Waals surface area contributed by atoms with Crippen LogP contribution in [0.5, 0.6) is 5.75 Å². The van der Waals surface area contributed by atoms with Gasteiger partial charge in [-0.2, -0.15) is 0 Å². The van der Waals surface area contributed by atoms with Crippen molar-refractivity contribution in [2.75, 3.05) is 44.1 Å². The fraction of sp³-hybridized carbons (Fsp3) is 0.304. The Morgan fingerprint density at radius 2 is 2.03 bits per heavy atom. The minimum Gasteiger partial charge on any atom is -0.497 e. The first kappa shape index (κ1) is 20.3. The molecule has 1 aliphatic rings. The van der Waals surface area contributed by atoms with E-state index < -0.39 is 0 Å². The van der Waals surface area contributed by atoms with Gasteiger partial charge in [0.25, 0.3) is 0 Å². The van der Waals surface area contributed by atoms with Crippen molar-refractivity contribution in [3.8, 4) is 17.6 Å². The zero-order valence-corrected chi connectivity index (χ0v) is 16.9. The Bertz CT molecular complexity index is 959. The molecule has 29 heavy (non-hydrogen) atoms. The van der Waals surface area contributed by atoms with E-state index in [2.05, 4.69) is 17.2 Å². The van der Waals surface area contributed by atoms with Crippen molar-refractivity contribution >= 4 is 23.2 Å². The van der Waals surface area contributed by atoms with Crippen molar-refractivity contribution in [2.24, 2.45) is 5.92 Å². The quantitative estimate of drug-likeness (QED) is 0.795. The lowest BCUT2D eigenvalue weighted by atomic mass is 10.1. The Balaban J connectivity index is 1.58. The van der Waals surface area contributed by atoms with Crippen LogP contribution in [-0.2, 0) is 9.59 Å². The molecule has 1 fully saturated rings. The first-order valence-electron chi connectivity index (χ1n) is 9.47. The van der Waals surface area contributed by atoms with E-state index in [1.807, 2.05) is 61.5 Å². The van der Waals surface area contributed by atoms with E-state index in [0.717, 1.165) is 16.9 Å². The van der Waals surface area contributed by atoms with Gasteiger partial charge < -0.3 is 19.9 Å². The number of benzene rings is 2. The van der Waals surface area contributed by atoms with E-state index >= 15 is 0 Å². The highest BCUT2D eigenvalue weighted by atomic mass is 16.5. The van der Waals surface area contributed by atoms with Gasteiger partial charge in [-0.3, -0.25) is 9.59 Å². The molecule has 1 unspecified atom stereocenters. The molecule has 0 saturated carbocycles. The fourth-order valence-corrected chi connectivity index (χ4v) is 3.30. The smallest absolute Gasteiger partial charge is 0.227 e. The number of ether oxygens (including phenoxy) is 1. The summed E-state index contributed by atoms with van der Waals surface area (Å²) in [5, 5.41) is 2.83. The molecule has 3 rings (SSSR count). The third kappa shape index (κ3) is 4.88. The Morgan fingerprint density at radius 3 is 2.79 bits per heavy atom. The van der Waals surface area contributed by atoms with E-state index in [0.29, 0.717) is 12.3 Å². The zero-order chi connectivity index (χ0) is 20.8. The number of nitrogens with one attached hydrogen (secondary N) is 1. The van der Waals surface area contributed by atoms with E-state index in [4.69, 9.17) is 4.74 Å². The fourth-order valence-electron chi connectivity index (χ4n) is 3.30. The van der Waals surface area contributed by atoms with Crippen molar-refractivity contribution < 1.29 is 14.3 Å². The molecular weight excluding hydrogens is 366 g/mol. The number of para-hydroxylation sites is 1. The molecule has 0 radical (unpaired) electrons. The molecule has 2 aromatic rings. The molecule has 0 aromatic heterocycles. The molecule has 1 N–H and O–H groups in total. The van der Waals surface area contributed by atoms with Crippen LogP contribution in [0.1, 0.15) is 12.0 Å². The monoisotopic (exact) mass is 391 g/mol. The summed E-state index contributed by atoms with van der Waals surface area (Å²) < 4.78 is 5.21. The van der Waals surface area contributed by atoms with Gasteiger partial charge in [-0.15, -0.1) is 0 Å². The highest BCUT2D eigenvalue weighted by molar-refractivity contribution is 6.00. The zero-order valence-electron chi connectivity index (χ0n) is 16.9. The normalized spacial score (nSPS) is 15.5. The molecule has 6 nitrogen and oxygen atoms in total. The van der Waals surface area contributed by atoms with Gasteiger partial charge in [0, 0.05) is 44.4 Å². The predicted molar refractivity (Wildman–Crippen MR) is 114 cm³/mol. The maximum Gasteiger partial charge on any atom is 0.227 e. The highest BCUT2D eigenvalue weighted by Gasteiger charge is 2.35. The maximum absolute atomic E-state index is 12.5. The van der Waals surface area contributed by atoms with Gasteiger partial charge in [0.2, 0.25) is 11.8 Å². The lowest BCUT2D eigenvalue weighted by Crippen LogP contribution is -2.33. The summed E-state index contributed by atoms with van der Waals surface area (Å²) in [5.74, 6) is 6.17. The Labute approximate surface area is 171 Å². The van der Waals surface area contributed by atoms with Gasteiger partial charge in [-0.25, -0.2) is 0 Å². The second-order valence-electron chi connectivity index (χ2n) is 7.04. The molecule has 6 heteroatoms. The first-order valence-corrected chi connectivity index (χ1v) is 9.47. The molecular formula is C23H25N3O3.